The third kappa shape index (κ3) is 1.19. The zero-order valence-electron chi connectivity index (χ0n) is 6.25. The fourth-order valence-electron chi connectivity index (χ4n) is 0.947. The maximum atomic E-state index is 5.85. The molecular formula is C7H5ClIN3. The average Bonchev–Trinajstić information content (AvgIpc) is 2.35. The molecule has 2 heterocycles. The van der Waals surface area contributed by atoms with Crippen LogP contribution in [0.15, 0.2) is 12.4 Å². The molecule has 0 aliphatic carbocycles. The lowest BCUT2D eigenvalue weighted by atomic mass is 10.4. The van der Waals surface area contributed by atoms with E-state index in [0.29, 0.717) is 5.02 Å². The predicted octanol–water partition coefficient (Wildman–Crippen LogP) is 2.30. The van der Waals surface area contributed by atoms with Crippen LogP contribution in [0.25, 0.3) is 5.65 Å². The van der Waals surface area contributed by atoms with Crippen molar-refractivity contribution >= 4 is 39.8 Å². The van der Waals surface area contributed by atoms with Crippen LogP contribution in [0.3, 0.4) is 0 Å². The van der Waals surface area contributed by atoms with Gasteiger partial charge in [0.05, 0.1) is 15.5 Å². The first-order valence-electron chi connectivity index (χ1n) is 3.34. The zero-order chi connectivity index (χ0) is 8.72. The summed E-state index contributed by atoms with van der Waals surface area (Å²) in [6.07, 6.45) is 3.50. The van der Waals surface area contributed by atoms with Crippen LogP contribution in [0, 0.1) is 10.5 Å². The van der Waals surface area contributed by atoms with E-state index in [1.54, 1.807) is 10.7 Å². The molecule has 2 aromatic rings. The van der Waals surface area contributed by atoms with Crippen molar-refractivity contribution < 1.29 is 0 Å². The van der Waals surface area contributed by atoms with E-state index >= 15 is 0 Å². The van der Waals surface area contributed by atoms with Gasteiger partial charge < -0.3 is 0 Å². The van der Waals surface area contributed by atoms with Crippen molar-refractivity contribution in [3.63, 3.8) is 0 Å². The molecule has 5 heteroatoms. The van der Waals surface area contributed by atoms with Crippen molar-refractivity contribution in [3.8, 4) is 0 Å². The third-order valence-corrected chi connectivity index (χ3v) is 2.91. The first kappa shape index (κ1) is 8.25. The highest BCUT2D eigenvalue weighted by atomic mass is 127. The number of hydrogen-bond donors (Lipinski definition) is 0. The number of fused-ring (bicyclic) bond motifs is 1. The smallest absolute Gasteiger partial charge is 0.174 e. The van der Waals surface area contributed by atoms with Crippen LogP contribution in [-0.4, -0.2) is 14.6 Å². The molecule has 12 heavy (non-hydrogen) atoms. The van der Waals surface area contributed by atoms with E-state index in [9.17, 15) is 0 Å². The summed E-state index contributed by atoms with van der Waals surface area (Å²) < 4.78 is 2.76. The van der Waals surface area contributed by atoms with Crippen LogP contribution in [0.5, 0.6) is 0 Å². The monoisotopic (exact) mass is 293 g/mol. The predicted molar refractivity (Wildman–Crippen MR) is 55.5 cm³/mol. The van der Waals surface area contributed by atoms with Gasteiger partial charge in [0.15, 0.2) is 5.65 Å². The first-order valence-corrected chi connectivity index (χ1v) is 4.80. The fourth-order valence-corrected chi connectivity index (χ4v) is 1.50. The largest absolute Gasteiger partial charge is 0.231 e. The van der Waals surface area contributed by atoms with Gasteiger partial charge in [0.2, 0.25) is 0 Å². The van der Waals surface area contributed by atoms with E-state index in [1.807, 2.05) is 13.1 Å². The minimum atomic E-state index is 0.592. The fraction of sp³-hybridized carbons (Fsp3) is 0.143. The highest BCUT2D eigenvalue weighted by molar-refractivity contribution is 14.1. The summed E-state index contributed by atoms with van der Waals surface area (Å²) in [5.41, 5.74) is 1.69. The molecule has 0 fully saturated rings. The summed E-state index contributed by atoms with van der Waals surface area (Å²) in [4.78, 5) is 4.30. The van der Waals surface area contributed by atoms with E-state index in [-0.39, 0.29) is 0 Å². The van der Waals surface area contributed by atoms with E-state index < -0.39 is 0 Å². The van der Waals surface area contributed by atoms with E-state index in [0.717, 1.165) is 14.9 Å². The summed E-state index contributed by atoms with van der Waals surface area (Å²) in [7, 11) is 0. The molecular weight excluding hydrogens is 288 g/mol. The molecule has 2 aromatic heterocycles. The summed E-state index contributed by atoms with van der Waals surface area (Å²) in [5, 5.41) is 4.63. The Kier molecular flexibility index (Phi) is 1.96. The Morgan fingerprint density at radius 1 is 1.58 bits per heavy atom. The number of aromatic nitrogens is 3. The third-order valence-electron chi connectivity index (χ3n) is 1.58. The number of hydrogen-bond acceptors (Lipinski definition) is 2. The van der Waals surface area contributed by atoms with Crippen LogP contribution in [0.1, 0.15) is 5.69 Å². The number of nitrogens with zero attached hydrogens (tertiary/aromatic N) is 3. The zero-order valence-corrected chi connectivity index (χ0v) is 9.17. The highest BCUT2D eigenvalue weighted by Crippen LogP contribution is 2.17. The lowest BCUT2D eigenvalue weighted by Gasteiger charge is -1.97. The summed E-state index contributed by atoms with van der Waals surface area (Å²) in [5.74, 6) is 0. The van der Waals surface area contributed by atoms with Crippen LogP contribution < -0.4 is 0 Å². The molecule has 3 nitrogen and oxygen atoms in total. The van der Waals surface area contributed by atoms with Crippen LogP contribution in [-0.2, 0) is 0 Å². The van der Waals surface area contributed by atoms with Crippen molar-refractivity contribution in [3.05, 3.63) is 26.7 Å². The molecule has 2 rings (SSSR count). The summed E-state index contributed by atoms with van der Waals surface area (Å²) >= 11 is 8.06. The molecule has 0 unspecified atom stereocenters. The van der Waals surface area contributed by atoms with Crippen molar-refractivity contribution in [2.45, 2.75) is 6.92 Å². The van der Waals surface area contributed by atoms with Gasteiger partial charge in [-0.2, -0.15) is 5.10 Å². The second-order valence-electron chi connectivity index (χ2n) is 2.43. The minimum Gasteiger partial charge on any atom is -0.231 e. The van der Waals surface area contributed by atoms with Gasteiger partial charge in [-0.15, -0.1) is 0 Å². The molecule has 0 radical (unpaired) electrons. The van der Waals surface area contributed by atoms with E-state index in [1.165, 1.54) is 0 Å². The van der Waals surface area contributed by atoms with Gasteiger partial charge >= 0.3 is 0 Å². The van der Waals surface area contributed by atoms with Gasteiger partial charge in [0.25, 0.3) is 0 Å². The first-order chi connectivity index (χ1) is 5.68. The molecule has 0 amide bonds. The number of halogens is 2. The molecule has 0 N–H and O–H groups in total. The Labute approximate surface area is 87.9 Å². The Morgan fingerprint density at radius 3 is 3.08 bits per heavy atom. The standard InChI is InChI=1S/C7H5ClIN3/c1-4-6(9)3-12-7(11-4)5(8)2-10-12/h2-3H,1H3. The average molecular weight is 293 g/mol. The quantitative estimate of drug-likeness (QED) is 0.698. The number of rotatable bonds is 0. The Balaban J connectivity index is 2.87. The van der Waals surface area contributed by atoms with Crippen molar-refractivity contribution in [2.75, 3.05) is 0 Å². The second kappa shape index (κ2) is 2.85. The molecule has 0 bridgehead atoms. The summed E-state index contributed by atoms with van der Waals surface area (Å²) in [6, 6.07) is 0. The SMILES string of the molecule is Cc1nc2c(Cl)cnn2cc1I. The van der Waals surface area contributed by atoms with Gasteiger partial charge in [-0.25, -0.2) is 9.50 Å². The van der Waals surface area contributed by atoms with Gasteiger partial charge in [-0.05, 0) is 29.5 Å². The summed E-state index contributed by atoms with van der Waals surface area (Å²) in [6.45, 7) is 1.95. The van der Waals surface area contributed by atoms with Gasteiger partial charge in [0.1, 0.15) is 5.02 Å². The molecule has 0 saturated carbocycles. The molecule has 0 atom stereocenters. The Morgan fingerprint density at radius 2 is 2.33 bits per heavy atom. The van der Waals surface area contributed by atoms with Crippen LogP contribution in [0.2, 0.25) is 5.02 Å². The molecule has 0 saturated heterocycles. The lowest BCUT2D eigenvalue weighted by molar-refractivity contribution is 0.921. The normalized spacial score (nSPS) is 10.9. The molecule has 0 aliphatic heterocycles. The molecule has 62 valence electrons. The Hall–Kier alpha value is -0.360. The van der Waals surface area contributed by atoms with Crippen molar-refractivity contribution in [1.82, 2.24) is 14.6 Å². The molecule has 0 aromatic carbocycles. The lowest BCUT2D eigenvalue weighted by Crippen LogP contribution is -1.94. The van der Waals surface area contributed by atoms with Crippen molar-refractivity contribution in [1.29, 1.82) is 0 Å². The van der Waals surface area contributed by atoms with E-state index in [2.05, 4.69) is 32.7 Å². The van der Waals surface area contributed by atoms with Gasteiger partial charge in [0, 0.05) is 6.20 Å². The second-order valence-corrected chi connectivity index (χ2v) is 4.00. The minimum absolute atomic E-state index is 0.592. The topological polar surface area (TPSA) is 30.2 Å². The molecule has 0 spiro atoms. The highest BCUT2D eigenvalue weighted by Gasteiger charge is 2.04. The van der Waals surface area contributed by atoms with Gasteiger partial charge in [-0.1, -0.05) is 11.6 Å². The maximum Gasteiger partial charge on any atom is 0.174 e. The van der Waals surface area contributed by atoms with E-state index in [4.69, 9.17) is 11.6 Å². The maximum absolute atomic E-state index is 5.85. The molecule has 0 aliphatic rings. The van der Waals surface area contributed by atoms with Crippen LogP contribution >= 0.6 is 34.2 Å². The van der Waals surface area contributed by atoms with Gasteiger partial charge in [-0.3, -0.25) is 0 Å². The van der Waals surface area contributed by atoms with Crippen molar-refractivity contribution in [2.24, 2.45) is 0 Å². The number of aryl methyl sites for hydroxylation is 1. The van der Waals surface area contributed by atoms with Crippen LogP contribution in [0.4, 0.5) is 0 Å². The Bertz CT molecular complexity index is 437.